The normalized spacial score (nSPS) is 16.7. The van der Waals surface area contributed by atoms with Crippen LogP contribution < -0.4 is 0 Å². The Labute approximate surface area is 97.6 Å². The maximum atomic E-state index is 12.5. The topological polar surface area (TPSA) is 17.1 Å². The number of ketones is 1. The summed E-state index contributed by atoms with van der Waals surface area (Å²) in [6.07, 6.45) is -1.98. The van der Waals surface area contributed by atoms with Crippen molar-refractivity contribution in [3.05, 3.63) is 34.9 Å². The van der Waals surface area contributed by atoms with Gasteiger partial charge in [0.1, 0.15) is 5.92 Å². The van der Waals surface area contributed by atoms with E-state index in [-0.39, 0.29) is 5.56 Å². The fourth-order valence-electron chi connectivity index (χ4n) is 2.23. The van der Waals surface area contributed by atoms with Crippen molar-refractivity contribution < 1.29 is 18.0 Å². The van der Waals surface area contributed by atoms with Gasteiger partial charge in [0.15, 0.2) is 5.78 Å². The van der Waals surface area contributed by atoms with E-state index in [1.165, 1.54) is 6.07 Å². The number of Topliss-reactive ketones (excluding diaryl/α,β-unsaturated/α-hetero) is 1. The molecule has 0 radical (unpaired) electrons. The molecule has 0 aliphatic heterocycles. The van der Waals surface area contributed by atoms with E-state index in [1.807, 2.05) is 6.07 Å². The van der Waals surface area contributed by atoms with Crippen LogP contribution >= 0.6 is 0 Å². The number of alkyl halides is 3. The minimum Gasteiger partial charge on any atom is -0.294 e. The maximum Gasteiger partial charge on any atom is 0.398 e. The number of fused-ring (bicyclic) bond motifs is 1. The smallest absolute Gasteiger partial charge is 0.294 e. The zero-order chi connectivity index (χ0) is 12.6. The van der Waals surface area contributed by atoms with Gasteiger partial charge in [-0.15, -0.1) is 0 Å². The van der Waals surface area contributed by atoms with Gasteiger partial charge in [0.2, 0.25) is 0 Å². The molecule has 0 N–H and O–H groups in total. The molecule has 4 heteroatoms. The molecule has 0 bridgehead atoms. The lowest BCUT2D eigenvalue weighted by Gasteiger charge is -2.16. The highest BCUT2D eigenvalue weighted by Crippen LogP contribution is 2.32. The number of hydrogen-bond donors (Lipinski definition) is 0. The van der Waals surface area contributed by atoms with Gasteiger partial charge in [-0.25, -0.2) is 0 Å². The molecule has 92 valence electrons. The molecule has 1 aromatic carbocycles. The van der Waals surface area contributed by atoms with Crippen LogP contribution in [-0.4, -0.2) is 12.0 Å². The number of hydrogen-bond acceptors (Lipinski definition) is 1. The zero-order valence-corrected chi connectivity index (χ0v) is 9.47. The number of rotatable bonds is 2. The van der Waals surface area contributed by atoms with Gasteiger partial charge in [-0.1, -0.05) is 18.2 Å². The quantitative estimate of drug-likeness (QED) is 0.725. The Kier molecular flexibility index (Phi) is 2.98. The van der Waals surface area contributed by atoms with E-state index in [9.17, 15) is 18.0 Å². The van der Waals surface area contributed by atoms with E-state index in [4.69, 9.17) is 0 Å². The summed E-state index contributed by atoms with van der Waals surface area (Å²) >= 11 is 0. The third-order valence-electron chi connectivity index (χ3n) is 3.30. The van der Waals surface area contributed by atoms with Gasteiger partial charge >= 0.3 is 6.18 Å². The molecule has 1 atom stereocenters. The SMILES string of the molecule is CC(C(=O)c1cccc2c1CCC2)C(F)(F)F. The van der Waals surface area contributed by atoms with Crippen molar-refractivity contribution >= 4 is 5.78 Å². The summed E-state index contributed by atoms with van der Waals surface area (Å²) in [5.74, 6) is -2.73. The largest absolute Gasteiger partial charge is 0.398 e. The molecule has 0 heterocycles. The summed E-state index contributed by atoms with van der Waals surface area (Å²) in [7, 11) is 0. The average Bonchev–Trinajstić information content (AvgIpc) is 2.73. The Bertz CT molecular complexity index is 448. The van der Waals surface area contributed by atoms with Gasteiger partial charge in [0.25, 0.3) is 0 Å². The van der Waals surface area contributed by atoms with Gasteiger partial charge in [0, 0.05) is 5.56 Å². The van der Waals surface area contributed by atoms with Crippen molar-refractivity contribution in [2.45, 2.75) is 32.4 Å². The highest BCUT2D eigenvalue weighted by Gasteiger charge is 2.42. The predicted octanol–water partition coefficient (Wildman–Crippen LogP) is 3.56. The minimum atomic E-state index is -4.46. The molecule has 0 saturated heterocycles. The van der Waals surface area contributed by atoms with Crippen molar-refractivity contribution in [1.82, 2.24) is 0 Å². The molecule has 1 aliphatic rings. The van der Waals surface area contributed by atoms with Gasteiger partial charge in [-0.05, 0) is 37.3 Å². The van der Waals surface area contributed by atoms with E-state index >= 15 is 0 Å². The molecule has 17 heavy (non-hydrogen) atoms. The molecule has 0 aromatic heterocycles. The molecule has 0 spiro atoms. The van der Waals surface area contributed by atoms with Crippen LogP contribution in [0.5, 0.6) is 0 Å². The van der Waals surface area contributed by atoms with Gasteiger partial charge in [-0.2, -0.15) is 13.2 Å². The number of carbonyl (C=O) groups excluding carboxylic acids is 1. The van der Waals surface area contributed by atoms with Crippen LogP contribution in [-0.2, 0) is 12.8 Å². The Morgan fingerprint density at radius 2 is 2.00 bits per heavy atom. The van der Waals surface area contributed by atoms with Crippen LogP contribution in [0.15, 0.2) is 18.2 Å². The van der Waals surface area contributed by atoms with Gasteiger partial charge in [0.05, 0.1) is 0 Å². The van der Waals surface area contributed by atoms with Gasteiger partial charge < -0.3 is 0 Å². The molecule has 2 rings (SSSR count). The van der Waals surface area contributed by atoms with Crippen LogP contribution in [0.4, 0.5) is 13.2 Å². The predicted molar refractivity (Wildman–Crippen MR) is 58.0 cm³/mol. The summed E-state index contributed by atoms with van der Waals surface area (Å²) in [5.41, 5.74) is 2.09. The van der Waals surface area contributed by atoms with Crippen LogP contribution in [0, 0.1) is 5.92 Å². The first-order valence-corrected chi connectivity index (χ1v) is 5.63. The maximum absolute atomic E-state index is 12.5. The lowest BCUT2D eigenvalue weighted by molar-refractivity contribution is -0.155. The molecule has 0 amide bonds. The second kappa shape index (κ2) is 4.17. The van der Waals surface area contributed by atoms with E-state index < -0.39 is 17.9 Å². The van der Waals surface area contributed by atoms with Crippen LogP contribution in [0.3, 0.4) is 0 Å². The second-order valence-electron chi connectivity index (χ2n) is 4.42. The first-order chi connectivity index (χ1) is 7.91. The fourth-order valence-corrected chi connectivity index (χ4v) is 2.23. The average molecular weight is 242 g/mol. The Hall–Kier alpha value is -1.32. The second-order valence-corrected chi connectivity index (χ2v) is 4.42. The van der Waals surface area contributed by atoms with Gasteiger partial charge in [-0.3, -0.25) is 4.79 Å². The highest BCUT2D eigenvalue weighted by molar-refractivity contribution is 5.99. The van der Waals surface area contributed by atoms with Crippen LogP contribution in [0.1, 0.15) is 34.8 Å². The zero-order valence-electron chi connectivity index (χ0n) is 9.47. The lowest BCUT2D eigenvalue weighted by Crippen LogP contribution is -2.28. The number of benzene rings is 1. The first kappa shape index (κ1) is 12.1. The standard InChI is InChI=1S/C13H13F3O/c1-8(13(14,15)16)12(17)11-7-3-5-9-4-2-6-10(9)11/h3,5,7-8H,2,4,6H2,1H3. The number of carbonyl (C=O) groups is 1. The molecule has 0 fully saturated rings. The lowest BCUT2D eigenvalue weighted by atomic mass is 9.93. The number of halogens is 3. The van der Waals surface area contributed by atoms with E-state index in [0.29, 0.717) is 6.42 Å². The minimum absolute atomic E-state index is 0.254. The van der Waals surface area contributed by atoms with Crippen molar-refractivity contribution in [1.29, 1.82) is 0 Å². The molecule has 1 nitrogen and oxygen atoms in total. The van der Waals surface area contributed by atoms with E-state index in [1.54, 1.807) is 6.07 Å². The third-order valence-corrected chi connectivity index (χ3v) is 3.30. The molecular formula is C13H13F3O. The van der Waals surface area contributed by atoms with Crippen molar-refractivity contribution in [3.8, 4) is 0 Å². The highest BCUT2D eigenvalue weighted by atomic mass is 19.4. The van der Waals surface area contributed by atoms with E-state index in [2.05, 4.69) is 0 Å². The monoisotopic (exact) mass is 242 g/mol. The summed E-state index contributed by atoms with van der Waals surface area (Å²) in [6.45, 7) is 0.927. The molecule has 0 saturated carbocycles. The molecule has 1 aliphatic carbocycles. The first-order valence-electron chi connectivity index (χ1n) is 5.63. The summed E-state index contributed by atoms with van der Waals surface area (Å²) < 4.78 is 37.5. The van der Waals surface area contributed by atoms with Crippen LogP contribution in [0.25, 0.3) is 0 Å². The summed E-state index contributed by atoms with van der Waals surface area (Å²) in [4.78, 5) is 11.8. The Balaban J connectivity index is 2.36. The summed E-state index contributed by atoms with van der Waals surface area (Å²) in [6, 6.07) is 5.06. The van der Waals surface area contributed by atoms with Crippen molar-refractivity contribution in [2.75, 3.05) is 0 Å². The molecule has 1 aromatic rings. The van der Waals surface area contributed by atoms with E-state index in [0.717, 1.165) is 30.9 Å². The summed E-state index contributed by atoms with van der Waals surface area (Å²) in [5, 5.41) is 0. The Morgan fingerprint density at radius 1 is 1.29 bits per heavy atom. The van der Waals surface area contributed by atoms with Crippen molar-refractivity contribution in [3.63, 3.8) is 0 Å². The van der Waals surface area contributed by atoms with Crippen molar-refractivity contribution in [2.24, 2.45) is 5.92 Å². The third kappa shape index (κ3) is 2.21. The fraction of sp³-hybridized carbons (Fsp3) is 0.462. The number of aryl methyl sites for hydroxylation is 1. The Morgan fingerprint density at radius 3 is 2.65 bits per heavy atom. The molecule has 1 unspecified atom stereocenters. The van der Waals surface area contributed by atoms with Crippen LogP contribution in [0.2, 0.25) is 0 Å². The molecular weight excluding hydrogens is 229 g/mol.